The minimum absolute atomic E-state index is 0. The molecular formula is C20H21ClN2O4. The van der Waals surface area contributed by atoms with E-state index in [9.17, 15) is 9.59 Å². The van der Waals surface area contributed by atoms with Crippen molar-refractivity contribution in [2.45, 2.75) is 12.0 Å². The minimum atomic E-state index is -0.957. The molecule has 1 heterocycles. The van der Waals surface area contributed by atoms with Gasteiger partial charge in [-0.1, -0.05) is 48.5 Å². The van der Waals surface area contributed by atoms with E-state index in [1.54, 1.807) is 0 Å². The molecule has 1 amide bonds. The fourth-order valence-electron chi connectivity index (χ4n) is 3.77. The molecule has 0 saturated carbocycles. The molecule has 0 radical (unpaired) electrons. The first-order valence-electron chi connectivity index (χ1n) is 8.71. The van der Waals surface area contributed by atoms with Gasteiger partial charge in [0.25, 0.3) is 0 Å². The molecule has 2 aromatic rings. The fraction of sp³-hybridized carbons (Fsp3) is 0.300. The summed E-state index contributed by atoms with van der Waals surface area (Å²) in [6, 6.07) is 15.6. The Kier molecular flexibility index (Phi) is 5.68. The van der Waals surface area contributed by atoms with E-state index in [0.29, 0.717) is 13.1 Å². The Morgan fingerprint density at radius 1 is 1.07 bits per heavy atom. The Morgan fingerprint density at radius 2 is 1.67 bits per heavy atom. The second-order valence-electron chi connectivity index (χ2n) is 6.59. The maximum absolute atomic E-state index is 12.4. The number of piperazine rings is 1. The van der Waals surface area contributed by atoms with Crippen LogP contribution >= 0.6 is 12.4 Å². The summed E-state index contributed by atoms with van der Waals surface area (Å²) in [6.07, 6.45) is -0.459. The summed E-state index contributed by atoms with van der Waals surface area (Å²) in [4.78, 5) is 25.0. The zero-order valence-electron chi connectivity index (χ0n) is 14.6. The summed E-state index contributed by atoms with van der Waals surface area (Å²) in [6.45, 7) is 1.25. The van der Waals surface area contributed by atoms with Crippen molar-refractivity contribution < 1.29 is 19.4 Å². The molecule has 2 N–H and O–H groups in total. The summed E-state index contributed by atoms with van der Waals surface area (Å²) >= 11 is 0. The predicted molar refractivity (Wildman–Crippen MR) is 103 cm³/mol. The highest BCUT2D eigenvalue weighted by Crippen LogP contribution is 2.44. The van der Waals surface area contributed by atoms with E-state index < -0.39 is 18.1 Å². The van der Waals surface area contributed by atoms with Crippen molar-refractivity contribution in [3.63, 3.8) is 0 Å². The summed E-state index contributed by atoms with van der Waals surface area (Å²) in [5.41, 5.74) is 4.67. The standard InChI is InChI=1S/C20H20N2O4.ClH/c23-19(24)18-11-22(10-9-21-18)20(25)26-12-17-15-7-3-1-5-13(15)14-6-2-4-8-16(14)17;/h1-8,17-18,21H,9-12H2,(H,23,24);1H/t18-;/m1./s1. The van der Waals surface area contributed by atoms with Crippen molar-refractivity contribution in [3.8, 4) is 11.1 Å². The van der Waals surface area contributed by atoms with Crippen LogP contribution in [0.1, 0.15) is 17.0 Å². The lowest BCUT2D eigenvalue weighted by atomic mass is 9.98. The maximum atomic E-state index is 12.4. The number of carbonyl (C=O) groups is 2. The quantitative estimate of drug-likeness (QED) is 0.845. The molecule has 1 fully saturated rings. The molecule has 2 aromatic carbocycles. The number of halogens is 1. The van der Waals surface area contributed by atoms with Gasteiger partial charge in [0, 0.05) is 19.0 Å². The molecule has 4 rings (SSSR count). The normalized spacial score (nSPS) is 18.2. The molecule has 0 bridgehead atoms. The number of ether oxygens (including phenoxy) is 1. The number of fused-ring (bicyclic) bond motifs is 3. The summed E-state index contributed by atoms with van der Waals surface area (Å²) in [5, 5.41) is 12.0. The molecule has 0 aromatic heterocycles. The summed E-state index contributed by atoms with van der Waals surface area (Å²) in [5.74, 6) is -0.953. The van der Waals surface area contributed by atoms with Crippen LogP contribution in [-0.4, -0.2) is 54.4 Å². The average molecular weight is 389 g/mol. The lowest BCUT2D eigenvalue weighted by Crippen LogP contribution is -2.55. The van der Waals surface area contributed by atoms with E-state index in [1.807, 2.05) is 24.3 Å². The van der Waals surface area contributed by atoms with Gasteiger partial charge in [-0.3, -0.25) is 4.79 Å². The SMILES string of the molecule is Cl.O=C(O)[C@H]1CN(C(=O)OCC2c3ccccc3-c3ccccc32)CCN1. The third-order valence-corrected chi connectivity index (χ3v) is 5.07. The van der Waals surface area contributed by atoms with Gasteiger partial charge in [0.2, 0.25) is 0 Å². The van der Waals surface area contributed by atoms with Gasteiger partial charge >= 0.3 is 12.1 Å². The second-order valence-corrected chi connectivity index (χ2v) is 6.59. The van der Waals surface area contributed by atoms with Crippen LogP contribution in [0.4, 0.5) is 4.79 Å². The molecule has 2 aliphatic rings. The van der Waals surface area contributed by atoms with Gasteiger partial charge in [-0.2, -0.15) is 0 Å². The van der Waals surface area contributed by atoms with Crippen LogP contribution in [0.3, 0.4) is 0 Å². The summed E-state index contributed by atoms with van der Waals surface area (Å²) in [7, 11) is 0. The molecule has 7 heteroatoms. The van der Waals surface area contributed by atoms with Crippen LogP contribution in [0.15, 0.2) is 48.5 Å². The number of amides is 1. The molecule has 0 spiro atoms. The lowest BCUT2D eigenvalue weighted by molar-refractivity contribution is -0.140. The van der Waals surface area contributed by atoms with Crippen molar-refractivity contribution in [3.05, 3.63) is 59.7 Å². The number of aliphatic carboxylic acids is 1. The van der Waals surface area contributed by atoms with Crippen molar-refractivity contribution in [1.82, 2.24) is 10.2 Å². The number of carboxylic acid groups (broad SMARTS) is 1. The van der Waals surface area contributed by atoms with Crippen molar-refractivity contribution >= 4 is 24.5 Å². The Labute approximate surface area is 163 Å². The van der Waals surface area contributed by atoms with Gasteiger partial charge in [-0.25, -0.2) is 4.79 Å². The highest BCUT2D eigenvalue weighted by atomic mass is 35.5. The molecular weight excluding hydrogens is 368 g/mol. The van der Waals surface area contributed by atoms with E-state index >= 15 is 0 Å². The molecule has 27 heavy (non-hydrogen) atoms. The second kappa shape index (κ2) is 7.98. The third kappa shape index (κ3) is 3.63. The lowest BCUT2D eigenvalue weighted by Gasteiger charge is -2.31. The number of carbonyl (C=O) groups excluding carboxylic acids is 1. The van der Waals surface area contributed by atoms with Gasteiger partial charge in [0.05, 0.1) is 6.54 Å². The van der Waals surface area contributed by atoms with Gasteiger partial charge < -0.3 is 20.1 Å². The Bertz CT molecular complexity index is 812. The molecule has 0 unspecified atom stereocenters. The number of hydrogen-bond donors (Lipinski definition) is 2. The first-order valence-corrected chi connectivity index (χ1v) is 8.71. The maximum Gasteiger partial charge on any atom is 0.409 e. The van der Waals surface area contributed by atoms with Crippen molar-refractivity contribution in [2.75, 3.05) is 26.2 Å². The molecule has 142 valence electrons. The molecule has 1 saturated heterocycles. The zero-order chi connectivity index (χ0) is 18.1. The number of carboxylic acids is 1. The van der Waals surface area contributed by atoms with E-state index in [-0.39, 0.29) is 31.5 Å². The number of rotatable bonds is 3. The smallest absolute Gasteiger partial charge is 0.409 e. The van der Waals surface area contributed by atoms with E-state index in [4.69, 9.17) is 9.84 Å². The van der Waals surface area contributed by atoms with E-state index in [2.05, 4.69) is 29.6 Å². The predicted octanol–water partition coefficient (Wildman–Crippen LogP) is 2.72. The van der Waals surface area contributed by atoms with Crippen LogP contribution < -0.4 is 5.32 Å². The number of hydrogen-bond acceptors (Lipinski definition) is 4. The largest absolute Gasteiger partial charge is 0.480 e. The van der Waals surface area contributed by atoms with Crippen LogP contribution in [0.25, 0.3) is 11.1 Å². The van der Waals surface area contributed by atoms with Gasteiger partial charge in [0.15, 0.2) is 0 Å². The highest BCUT2D eigenvalue weighted by molar-refractivity contribution is 5.85. The van der Waals surface area contributed by atoms with E-state index in [0.717, 1.165) is 11.1 Å². The molecule has 1 aliphatic carbocycles. The van der Waals surface area contributed by atoms with Gasteiger partial charge in [-0.15, -0.1) is 12.4 Å². The van der Waals surface area contributed by atoms with Crippen LogP contribution in [0.5, 0.6) is 0 Å². The number of nitrogens with one attached hydrogen (secondary N) is 1. The van der Waals surface area contributed by atoms with Gasteiger partial charge in [0.1, 0.15) is 12.6 Å². The number of benzene rings is 2. The Morgan fingerprint density at radius 3 is 2.26 bits per heavy atom. The third-order valence-electron chi connectivity index (χ3n) is 5.07. The first-order chi connectivity index (χ1) is 12.6. The van der Waals surface area contributed by atoms with Crippen LogP contribution in [0, 0.1) is 0 Å². The Hall–Kier alpha value is -2.57. The Balaban J connectivity index is 0.00000210. The van der Waals surface area contributed by atoms with E-state index in [1.165, 1.54) is 16.0 Å². The average Bonchev–Trinajstić information content (AvgIpc) is 3.00. The van der Waals surface area contributed by atoms with Crippen LogP contribution in [-0.2, 0) is 9.53 Å². The zero-order valence-corrected chi connectivity index (χ0v) is 15.4. The van der Waals surface area contributed by atoms with Gasteiger partial charge in [-0.05, 0) is 22.3 Å². The minimum Gasteiger partial charge on any atom is -0.480 e. The van der Waals surface area contributed by atoms with Crippen molar-refractivity contribution in [2.24, 2.45) is 0 Å². The molecule has 1 aliphatic heterocycles. The fourth-order valence-corrected chi connectivity index (χ4v) is 3.77. The first kappa shape index (κ1) is 19.2. The summed E-state index contributed by atoms with van der Waals surface area (Å²) < 4.78 is 5.57. The monoisotopic (exact) mass is 388 g/mol. The molecule has 6 nitrogen and oxygen atoms in total. The van der Waals surface area contributed by atoms with Crippen LogP contribution in [0.2, 0.25) is 0 Å². The highest BCUT2D eigenvalue weighted by Gasteiger charge is 2.32. The van der Waals surface area contributed by atoms with Crippen molar-refractivity contribution in [1.29, 1.82) is 0 Å². The number of nitrogens with zero attached hydrogens (tertiary/aromatic N) is 1. The topological polar surface area (TPSA) is 78.9 Å². The molecule has 1 atom stereocenters.